The fourth-order valence-electron chi connectivity index (χ4n) is 1.76. The Morgan fingerprint density at radius 1 is 1.36 bits per heavy atom. The number of amides is 1. The highest BCUT2D eigenvalue weighted by molar-refractivity contribution is 7.99. The molecule has 2 rings (SSSR count). The lowest BCUT2D eigenvalue weighted by Crippen LogP contribution is -2.28. The van der Waals surface area contributed by atoms with Crippen LogP contribution in [0, 0.1) is 0 Å². The average molecular weight is 341 g/mol. The largest absolute Gasteiger partial charge is 0.383 e. The molecule has 1 N–H and O–H groups in total. The average Bonchev–Trinajstić information content (AvgIpc) is 2.87. The summed E-state index contributed by atoms with van der Waals surface area (Å²) in [5.74, 6) is 0.966. The van der Waals surface area contributed by atoms with Gasteiger partial charge in [0, 0.05) is 31.3 Å². The predicted octanol–water partition coefficient (Wildman–Crippen LogP) is 1.99. The minimum Gasteiger partial charge on any atom is -0.383 e. The number of aromatic nitrogens is 3. The highest BCUT2D eigenvalue weighted by atomic mass is 35.5. The molecule has 0 aliphatic carbocycles. The van der Waals surface area contributed by atoms with Gasteiger partial charge in [-0.25, -0.2) is 0 Å². The lowest BCUT2D eigenvalue weighted by molar-refractivity contribution is -0.118. The second-order valence-corrected chi connectivity index (χ2v) is 5.88. The van der Waals surface area contributed by atoms with Crippen LogP contribution in [0.5, 0.6) is 0 Å². The molecule has 118 valence electrons. The van der Waals surface area contributed by atoms with Crippen LogP contribution < -0.4 is 5.32 Å². The van der Waals surface area contributed by atoms with Crippen molar-refractivity contribution in [2.45, 2.75) is 5.16 Å². The lowest BCUT2D eigenvalue weighted by atomic mass is 10.2. The SMILES string of the molecule is COCCNC(=O)CSc1nnc(-c2ccc(Cl)cc2)n1C. The van der Waals surface area contributed by atoms with E-state index in [2.05, 4.69) is 15.5 Å². The van der Waals surface area contributed by atoms with Crippen molar-refractivity contribution in [2.75, 3.05) is 26.0 Å². The van der Waals surface area contributed by atoms with Gasteiger partial charge < -0.3 is 14.6 Å². The quantitative estimate of drug-likeness (QED) is 0.616. The van der Waals surface area contributed by atoms with Crippen molar-refractivity contribution in [1.29, 1.82) is 0 Å². The summed E-state index contributed by atoms with van der Waals surface area (Å²) in [4.78, 5) is 11.7. The highest BCUT2D eigenvalue weighted by Crippen LogP contribution is 2.23. The number of carbonyl (C=O) groups excluding carboxylic acids is 1. The number of carbonyl (C=O) groups is 1. The molecule has 0 aliphatic rings. The van der Waals surface area contributed by atoms with Gasteiger partial charge in [0.25, 0.3) is 0 Å². The van der Waals surface area contributed by atoms with E-state index in [4.69, 9.17) is 16.3 Å². The zero-order valence-corrected chi connectivity index (χ0v) is 13.9. The van der Waals surface area contributed by atoms with Crippen molar-refractivity contribution in [1.82, 2.24) is 20.1 Å². The van der Waals surface area contributed by atoms with Gasteiger partial charge >= 0.3 is 0 Å². The van der Waals surface area contributed by atoms with E-state index in [9.17, 15) is 4.79 Å². The minimum absolute atomic E-state index is 0.0573. The summed E-state index contributed by atoms with van der Waals surface area (Å²) < 4.78 is 6.73. The molecule has 1 aromatic heterocycles. The van der Waals surface area contributed by atoms with E-state index in [0.717, 1.165) is 11.4 Å². The Morgan fingerprint density at radius 3 is 2.77 bits per heavy atom. The van der Waals surface area contributed by atoms with E-state index in [1.54, 1.807) is 7.11 Å². The Labute approximate surface area is 138 Å². The summed E-state index contributed by atoms with van der Waals surface area (Å²) in [6.07, 6.45) is 0. The third kappa shape index (κ3) is 4.46. The molecule has 0 spiro atoms. The van der Waals surface area contributed by atoms with Crippen molar-refractivity contribution in [3.8, 4) is 11.4 Å². The number of halogens is 1. The number of ether oxygens (including phenoxy) is 1. The highest BCUT2D eigenvalue weighted by Gasteiger charge is 2.12. The fourth-order valence-corrected chi connectivity index (χ4v) is 2.63. The van der Waals surface area contributed by atoms with E-state index in [1.807, 2.05) is 35.9 Å². The Bertz CT molecular complexity index is 630. The maximum absolute atomic E-state index is 11.7. The van der Waals surface area contributed by atoms with Gasteiger partial charge in [0.1, 0.15) is 0 Å². The van der Waals surface area contributed by atoms with Crippen molar-refractivity contribution < 1.29 is 9.53 Å². The molecule has 22 heavy (non-hydrogen) atoms. The van der Waals surface area contributed by atoms with Crippen LogP contribution in [0.3, 0.4) is 0 Å². The number of hydrogen-bond donors (Lipinski definition) is 1. The minimum atomic E-state index is -0.0573. The van der Waals surface area contributed by atoms with E-state index < -0.39 is 0 Å². The topological polar surface area (TPSA) is 69.0 Å². The van der Waals surface area contributed by atoms with Gasteiger partial charge in [0.05, 0.1) is 12.4 Å². The van der Waals surface area contributed by atoms with Gasteiger partial charge in [-0.2, -0.15) is 0 Å². The summed E-state index contributed by atoms with van der Waals surface area (Å²) in [6.45, 7) is 1.01. The Balaban J connectivity index is 1.96. The monoisotopic (exact) mass is 340 g/mol. The van der Waals surface area contributed by atoms with E-state index in [-0.39, 0.29) is 11.7 Å². The molecule has 0 saturated heterocycles. The summed E-state index contributed by atoms with van der Waals surface area (Å²) in [5, 5.41) is 12.4. The smallest absolute Gasteiger partial charge is 0.230 e. The third-order valence-corrected chi connectivity index (χ3v) is 4.17. The molecule has 1 amide bonds. The van der Waals surface area contributed by atoms with Gasteiger partial charge in [-0.1, -0.05) is 23.4 Å². The maximum atomic E-state index is 11.7. The molecule has 2 aromatic rings. The van der Waals surface area contributed by atoms with Crippen LogP contribution in [0.1, 0.15) is 0 Å². The van der Waals surface area contributed by atoms with Crippen molar-refractivity contribution >= 4 is 29.3 Å². The van der Waals surface area contributed by atoms with Gasteiger partial charge in [-0.3, -0.25) is 4.79 Å². The van der Waals surface area contributed by atoms with E-state index in [1.165, 1.54) is 11.8 Å². The number of hydrogen-bond acceptors (Lipinski definition) is 5. The molecule has 1 aromatic carbocycles. The molecule has 1 heterocycles. The van der Waals surface area contributed by atoms with Crippen LogP contribution in [0.4, 0.5) is 0 Å². The lowest BCUT2D eigenvalue weighted by Gasteiger charge is -2.05. The molecule has 0 saturated carbocycles. The fraction of sp³-hybridized carbons (Fsp3) is 0.357. The third-order valence-electron chi connectivity index (χ3n) is 2.90. The second-order valence-electron chi connectivity index (χ2n) is 4.50. The molecule has 6 nitrogen and oxygen atoms in total. The first kappa shape index (κ1) is 16.8. The zero-order valence-electron chi connectivity index (χ0n) is 12.4. The van der Waals surface area contributed by atoms with Crippen LogP contribution >= 0.6 is 23.4 Å². The summed E-state index contributed by atoms with van der Waals surface area (Å²) in [7, 11) is 3.47. The zero-order chi connectivity index (χ0) is 15.9. The van der Waals surface area contributed by atoms with Crippen molar-refractivity contribution in [3.63, 3.8) is 0 Å². The number of rotatable bonds is 7. The second kappa shape index (κ2) is 8.17. The Hall–Kier alpha value is -1.57. The molecule has 0 aliphatic heterocycles. The first-order chi connectivity index (χ1) is 10.6. The van der Waals surface area contributed by atoms with Gasteiger partial charge in [0.15, 0.2) is 11.0 Å². The van der Waals surface area contributed by atoms with Crippen molar-refractivity contribution in [3.05, 3.63) is 29.3 Å². The number of methoxy groups -OCH3 is 1. The standard InChI is InChI=1S/C14H17ClN4O2S/c1-19-13(10-3-5-11(15)6-4-10)17-18-14(19)22-9-12(20)16-7-8-21-2/h3-6H,7-9H2,1-2H3,(H,16,20). The predicted molar refractivity (Wildman–Crippen MR) is 87.1 cm³/mol. The first-order valence-electron chi connectivity index (χ1n) is 6.65. The summed E-state index contributed by atoms with van der Waals surface area (Å²) in [5.41, 5.74) is 0.927. The molecule has 0 radical (unpaired) electrons. The normalized spacial score (nSPS) is 10.7. The molecule has 0 unspecified atom stereocenters. The molecular weight excluding hydrogens is 324 g/mol. The van der Waals surface area contributed by atoms with Crippen LogP contribution in [0.15, 0.2) is 29.4 Å². The van der Waals surface area contributed by atoms with Gasteiger partial charge in [-0.05, 0) is 24.3 Å². The summed E-state index contributed by atoms with van der Waals surface area (Å²) in [6, 6.07) is 7.39. The number of nitrogens with zero attached hydrogens (tertiary/aromatic N) is 3. The number of nitrogens with one attached hydrogen (secondary N) is 1. The molecule has 0 fully saturated rings. The number of benzene rings is 1. The molecule has 0 atom stereocenters. The van der Waals surface area contributed by atoms with E-state index in [0.29, 0.717) is 23.3 Å². The van der Waals surface area contributed by atoms with Gasteiger partial charge in [0.2, 0.25) is 5.91 Å². The molecular formula is C14H17ClN4O2S. The maximum Gasteiger partial charge on any atom is 0.230 e. The number of thioether (sulfide) groups is 1. The van der Waals surface area contributed by atoms with Crippen LogP contribution in [0.2, 0.25) is 5.02 Å². The van der Waals surface area contributed by atoms with E-state index >= 15 is 0 Å². The Morgan fingerprint density at radius 2 is 2.09 bits per heavy atom. The van der Waals surface area contributed by atoms with Crippen molar-refractivity contribution in [2.24, 2.45) is 7.05 Å². The summed E-state index contributed by atoms with van der Waals surface area (Å²) >= 11 is 7.22. The molecule has 0 bridgehead atoms. The first-order valence-corrected chi connectivity index (χ1v) is 8.02. The Kier molecular flexibility index (Phi) is 6.23. The van der Waals surface area contributed by atoms with Crippen LogP contribution in [-0.4, -0.2) is 46.7 Å². The van der Waals surface area contributed by atoms with Crippen LogP contribution in [0.25, 0.3) is 11.4 Å². The van der Waals surface area contributed by atoms with Crippen LogP contribution in [-0.2, 0) is 16.6 Å². The molecule has 8 heteroatoms. The van der Waals surface area contributed by atoms with Gasteiger partial charge in [-0.15, -0.1) is 10.2 Å².